The summed E-state index contributed by atoms with van der Waals surface area (Å²) in [5.41, 5.74) is 0.494. The number of rotatable bonds is 5. The Balaban J connectivity index is 1.25. The van der Waals surface area contributed by atoms with E-state index in [1.54, 1.807) is 0 Å². The Morgan fingerprint density at radius 3 is 2.21 bits per heavy atom. The second-order valence-electron chi connectivity index (χ2n) is 10.1. The Morgan fingerprint density at radius 2 is 1.44 bits per heavy atom. The van der Waals surface area contributed by atoms with Crippen molar-refractivity contribution in [2.45, 2.75) is 25.7 Å². The fraction of sp³-hybridized carbons (Fsp3) is 0.654. The molecule has 5 rings (SSSR count). The molecule has 8 nitrogen and oxygen atoms in total. The van der Waals surface area contributed by atoms with Crippen molar-refractivity contribution in [1.29, 1.82) is 0 Å². The van der Waals surface area contributed by atoms with E-state index in [1.807, 2.05) is 23.1 Å². The molecule has 1 aromatic heterocycles. The van der Waals surface area contributed by atoms with Crippen molar-refractivity contribution in [3.63, 3.8) is 0 Å². The summed E-state index contributed by atoms with van der Waals surface area (Å²) in [6, 6.07) is 8.15. The number of aromatic nitrogens is 2. The molecular weight excluding hydrogens is 426 g/mol. The maximum atomic E-state index is 13.5. The van der Waals surface area contributed by atoms with Crippen LogP contribution in [0.2, 0.25) is 0 Å². The monoisotopic (exact) mass is 465 g/mol. The van der Waals surface area contributed by atoms with E-state index in [0.29, 0.717) is 5.69 Å². The largest absolute Gasteiger partial charge is 0.353 e. The Labute approximate surface area is 203 Å². The third-order valence-corrected chi connectivity index (χ3v) is 7.73. The maximum absolute atomic E-state index is 13.5. The van der Waals surface area contributed by atoms with Crippen molar-refractivity contribution in [2.24, 2.45) is 0 Å². The first kappa shape index (κ1) is 23.5. The van der Waals surface area contributed by atoms with Crippen LogP contribution in [-0.4, -0.2) is 121 Å². The molecule has 3 fully saturated rings. The number of likely N-dealkylation sites (tertiary alicyclic amines) is 1. The molecule has 3 saturated heterocycles. The van der Waals surface area contributed by atoms with E-state index in [0.717, 1.165) is 88.5 Å². The molecule has 184 valence electrons. The molecule has 0 N–H and O–H groups in total. The van der Waals surface area contributed by atoms with Crippen LogP contribution in [0, 0.1) is 0 Å². The summed E-state index contributed by atoms with van der Waals surface area (Å²) >= 11 is 0. The van der Waals surface area contributed by atoms with E-state index < -0.39 is 0 Å². The summed E-state index contributed by atoms with van der Waals surface area (Å²) in [6.45, 7) is 12.1. The highest BCUT2D eigenvalue weighted by molar-refractivity contribution is 6.07. The van der Waals surface area contributed by atoms with Gasteiger partial charge in [0, 0.05) is 69.7 Å². The fourth-order valence-corrected chi connectivity index (χ4v) is 5.53. The minimum atomic E-state index is 0.0153. The lowest BCUT2D eigenvalue weighted by molar-refractivity contribution is 0.0614. The lowest BCUT2D eigenvalue weighted by Crippen LogP contribution is -2.50. The quantitative estimate of drug-likeness (QED) is 0.670. The van der Waals surface area contributed by atoms with Gasteiger partial charge in [-0.05, 0) is 45.9 Å². The molecule has 0 saturated carbocycles. The molecule has 34 heavy (non-hydrogen) atoms. The summed E-state index contributed by atoms with van der Waals surface area (Å²) < 4.78 is 0. The van der Waals surface area contributed by atoms with Crippen LogP contribution in [0.1, 0.15) is 36.2 Å². The van der Waals surface area contributed by atoms with Gasteiger partial charge in [-0.25, -0.2) is 0 Å². The van der Waals surface area contributed by atoms with Crippen molar-refractivity contribution in [3.05, 3.63) is 30.0 Å². The van der Waals surface area contributed by atoms with Gasteiger partial charge in [0.25, 0.3) is 5.91 Å². The van der Waals surface area contributed by atoms with Crippen molar-refractivity contribution in [2.75, 3.05) is 90.5 Å². The number of nitrogens with zero attached hydrogens (tertiary/aromatic N) is 7. The molecule has 0 bridgehead atoms. The van der Waals surface area contributed by atoms with E-state index >= 15 is 0 Å². The number of hydrogen-bond acceptors (Lipinski definition) is 7. The van der Waals surface area contributed by atoms with Crippen molar-refractivity contribution in [3.8, 4) is 0 Å². The molecule has 1 amide bonds. The Hall–Kier alpha value is -2.29. The number of carbonyl (C=O) groups is 1. The SMILES string of the molecule is CN1CCCN(c2nnc(C(=O)N3CCN(CCN4CCCCC4)CC3)c3ccccc23)CC1. The molecule has 0 radical (unpaired) electrons. The zero-order valence-electron chi connectivity index (χ0n) is 20.7. The summed E-state index contributed by atoms with van der Waals surface area (Å²) in [6.07, 6.45) is 5.16. The molecule has 3 aliphatic rings. The lowest BCUT2D eigenvalue weighted by Gasteiger charge is -2.36. The molecule has 3 aliphatic heterocycles. The summed E-state index contributed by atoms with van der Waals surface area (Å²) in [7, 11) is 2.17. The second kappa shape index (κ2) is 11.0. The minimum Gasteiger partial charge on any atom is -0.353 e. The van der Waals surface area contributed by atoms with Crippen LogP contribution < -0.4 is 4.90 Å². The highest BCUT2D eigenvalue weighted by atomic mass is 16.2. The third-order valence-electron chi connectivity index (χ3n) is 7.73. The Kier molecular flexibility index (Phi) is 7.57. The first-order valence-electron chi connectivity index (χ1n) is 13.1. The van der Waals surface area contributed by atoms with Gasteiger partial charge < -0.3 is 19.6 Å². The summed E-state index contributed by atoms with van der Waals surface area (Å²) in [5.74, 6) is 0.923. The van der Waals surface area contributed by atoms with Crippen LogP contribution in [0.25, 0.3) is 10.8 Å². The highest BCUT2D eigenvalue weighted by Crippen LogP contribution is 2.27. The molecule has 0 atom stereocenters. The molecule has 8 heteroatoms. The summed E-state index contributed by atoms with van der Waals surface area (Å²) in [5, 5.41) is 11.1. The van der Waals surface area contributed by atoms with Gasteiger partial charge in [0.05, 0.1) is 0 Å². The average molecular weight is 466 g/mol. The van der Waals surface area contributed by atoms with Gasteiger partial charge in [0.1, 0.15) is 0 Å². The molecule has 0 unspecified atom stereocenters. The van der Waals surface area contributed by atoms with Gasteiger partial charge in [-0.3, -0.25) is 9.69 Å². The minimum absolute atomic E-state index is 0.0153. The van der Waals surface area contributed by atoms with Crippen LogP contribution in [0.5, 0.6) is 0 Å². The maximum Gasteiger partial charge on any atom is 0.275 e. The van der Waals surface area contributed by atoms with Crippen molar-refractivity contribution in [1.82, 2.24) is 29.8 Å². The second-order valence-corrected chi connectivity index (χ2v) is 10.1. The molecular formula is C26H39N7O. The summed E-state index contributed by atoms with van der Waals surface area (Å²) in [4.78, 5) is 25.2. The van der Waals surface area contributed by atoms with Crippen LogP contribution in [0.15, 0.2) is 24.3 Å². The number of carbonyl (C=O) groups excluding carboxylic acids is 1. The van der Waals surface area contributed by atoms with E-state index in [-0.39, 0.29) is 5.91 Å². The van der Waals surface area contributed by atoms with Gasteiger partial charge in [-0.2, -0.15) is 0 Å². The Bertz CT molecular complexity index is 969. The third kappa shape index (κ3) is 5.34. The first-order chi connectivity index (χ1) is 16.7. The number of anilines is 1. The standard InChI is InChI=1S/C26H39N7O/c1-29-10-7-13-32(19-14-29)25-23-9-4-3-8-22(23)24(27-28-25)26(34)33-20-17-31(18-21-33)16-15-30-11-5-2-6-12-30/h3-4,8-9H,2,5-7,10-21H2,1H3. The van der Waals surface area contributed by atoms with Crippen LogP contribution in [0.3, 0.4) is 0 Å². The number of piperidine rings is 1. The number of fused-ring (bicyclic) bond motifs is 1. The number of hydrogen-bond donors (Lipinski definition) is 0. The molecule has 0 spiro atoms. The normalized spacial score (nSPS) is 21.7. The topological polar surface area (TPSA) is 59.1 Å². The van der Waals surface area contributed by atoms with E-state index in [9.17, 15) is 4.79 Å². The first-order valence-corrected chi connectivity index (χ1v) is 13.1. The van der Waals surface area contributed by atoms with Gasteiger partial charge in [-0.1, -0.05) is 30.7 Å². The Morgan fingerprint density at radius 1 is 0.735 bits per heavy atom. The van der Waals surface area contributed by atoms with Gasteiger partial charge >= 0.3 is 0 Å². The van der Waals surface area contributed by atoms with Gasteiger partial charge in [-0.15, -0.1) is 10.2 Å². The van der Waals surface area contributed by atoms with Crippen LogP contribution in [-0.2, 0) is 0 Å². The van der Waals surface area contributed by atoms with E-state index in [2.05, 4.69) is 42.9 Å². The molecule has 0 aliphatic carbocycles. The average Bonchev–Trinajstić information content (AvgIpc) is 3.11. The predicted octanol–water partition coefficient (Wildman–Crippen LogP) is 2.02. The smallest absolute Gasteiger partial charge is 0.275 e. The molecule has 1 aromatic carbocycles. The zero-order chi connectivity index (χ0) is 23.3. The number of piperazine rings is 1. The van der Waals surface area contributed by atoms with Crippen LogP contribution in [0.4, 0.5) is 5.82 Å². The van der Waals surface area contributed by atoms with Crippen molar-refractivity contribution >= 4 is 22.5 Å². The molecule has 4 heterocycles. The fourth-order valence-electron chi connectivity index (χ4n) is 5.53. The number of amides is 1. The lowest BCUT2D eigenvalue weighted by atomic mass is 10.1. The predicted molar refractivity (Wildman–Crippen MR) is 136 cm³/mol. The zero-order valence-corrected chi connectivity index (χ0v) is 20.7. The van der Waals surface area contributed by atoms with E-state index in [4.69, 9.17) is 0 Å². The van der Waals surface area contributed by atoms with Crippen LogP contribution >= 0.6 is 0 Å². The van der Waals surface area contributed by atoms with E-state index in [1.165, 1.54) is 32.4 Å². The van der Waals surface area contributed by atoms with Gasteiger partial charge in [0.15, 0.2) is 11.5 Å². The molecule has 2 aromatic rings. The number of benzene rings is 1. The number of likely N-dealkylation sites (N-methyl/N-ethyl adjacent to an activating group) is 1. The highest BCUT2D eigenvalue weighted by Gasteiger charge is 2.27. The van der Waals surface area contributed by atoms with Crippen molar-refractivity contribution < 1.29 is 4.79 Å². The van der Waals surface area contributed by atoms with Gasteiger partial charge in [0.2, 0.25) is 0 Å².